The normalized spacial score (nSPS) is 20.2. The first kappa shape index (κ1) is 16.4. The Morgan fingerprint density at radius 2 is 2.33 bits per heavy atom. The van der Waals surface area contributed by atoms with E-state index in [9.17, 15) is 8.42 Å². The molecular formula is C13H24N4O3S. The summed E-state index contributed by atoms with van der Waals surface area (Å²) < 4.78 is 33.4. The molecule has 1 aromatic rings. The predicted octanol–water partition coefficient (Wildman–Crippen LogP) is 0.150. The Morgan fingerprint density at radius 3 is 3.05 bits per heavy atom. The van der Waals surface area contributed by atoms with Crippen LogP contribution in [0.25, 0.3) is 0 Å². The lowest BCUT2D eigenvalue weighted by molar-refractivity contribution is 0.157. The Bertz CT molecular complexity index is 543. The highest BCUT2D eigenvalue weighted by molar-refractivity contribution is 7.89. The van der Waals surface area contributed by atoms with Gasteiger partial charge in [0, 0.05) is 32.9 Å². The fourth-order valence-electron chi connectivity index (χ4n) is 2.51. The van der Waals surface area contributed by atoms with Gasteiger partial charge in [0.05, 0.1) is 19.3 Å². The van der Waals surface area contributed by atoms with Crippen molar-refractivity contribution < 1.29 is 13.2 Å². The number of nitrogens with one attached hydrogen (secondary N) is 1. The molecule has 7 nitrogen and oxygen atoms in total. The number of likely N-dealkylation sites (N-methyl/N-ethyl adjacent to an activating group) is 1. The van der Waals surface area contributed by atoms with Gasteiger partial charge in [-0.3, -0.25) is 4.68 Å². The van der Waals surface area contributed by atoms with Crippen molar-refractivity contribution in [3.05, 3.63) is 12.4 Å². The maximum absolute atomic E-state index is 12.5. The van der Waals surface area contributed by atoms with E-state index in [0.717, 1.165) is 19.5 Å². The van der Waals surface area contributed by atoms with E-state index < -0.39 is 10.0 Å². The van der Waals surface area contributed by atoms with Gasteiger partial charge in [0.1, 0.15) is 4.90 Å². The molecule has 1 aliphatic heterocycles. The summed E-state index contributed by atoms with van der Waals surface area (Å²) in [5.41, 5.74) is 0. The molecular weight excluding hydrogens is 292 g/mol. The van der Waals surface area contributed by atoms with E-state index in [0.29, 0.717) is 26.2 Å². The maximum Gasteiger partial charge on any atom is 0.246 e. The van der Waals surface area contributed by atoms with Crippen molar-refractivity contribution in [3.63, 3.8) is 0 Å². The van der Waals surface area contributed by atoms with Crippen molar-refractivity contribution >= 4 is 10.0 Å². The van der Waals surface area contributed by atoms with Crippen molar-refractivity contribution in [1.29, 1.82) is 0 Å². The van der Waals surface area contributed by atoms with Gasteiger partial charge in [0.15, 0.2) is 0 Å². The van der Waals surface area contributed by atoms with Crippen LogP contribution in [-0.4, -0.2) is 62.4 Å². The number of nitrogens with zero attached hydrogens (tertiary/aromatic N) is 3. The lowest BCUT2D eigenvalue weighted by Gasteiger charge is -2.15. The Labute approximate surface area is 126 Å². The Morgan fingerprint density at radius 1 is 1.52 bits per heavy atom. The molecule has 0 saturated carbocycles. The molecule has 1 atom stereocenters. The molecule has 1 unspecified atom stereocenters. The van der Waals surface area contributed by atoms with E-state index in [1.807, 2.05) is 6.92 Å². The van der Waals surface area contributed by atoms with Gasteiger partial charge in [-0.15, -0.1) is 0 Å². The lowest BCUT2D eigenvalue weighted by atomic mass is 10.1. The highest BCUT2D eigenvalue weighted by Gasteiger charge is 2.33. The summed E-state index contributed by atoms with van der Waals surface area (Å²) in [6.07, 6.45) is 3.89. The van der Waals surface area contributed by atoms with E-state index in [-0.39, 0.29) is 10.8 Å². The number of aromatic nitrogens is 2. The van der Waals surface area contributed by atoms with E-state index in [1.165, 1.54) is 10.5 Å². The minimum atomic E-state index is -3.43. The standard InChI is InChI=1S/C13H24N4O3S/c1-3-14-5-7-16-10-13(8-15-16)21(18,19)17-6-4-12(9-17)11-20-2/h8,10,12,14H,3-7,9,11H2,1-2H3. The van der Waals surface area contributed by atoms with Gasteiger partial charge in [-0.05, 0) is 18.9 Å². The van der Waals surface area contributed by atoms with E-state index in [4.69, 9.17) is 4.74 Å². The first-order chi connectivity index (χ1) is 10.1. The second kappa shape index (κ2) is 7.35. The summed E-state index contributed by atoms with van der Waals surface area (Å²) in [7, 11) is -1.78. The van der Waals surface area contributed by atoms with Gasteiger partial charge in [0.2, 0.25) is 10.0 Å². The molecule has 1 saturated heterocycles. The van der Waals surface area contributed by atoms with Crippen LogP contribution in [0.1, 0.15) is 13.3 Å². The van der Waals surface area contributed by atoms with E-state index in [1.54, 1.807) is 18.0 Å². The average Bonchev–Trinajstić information content (AvgIpc) is 3.09. The molecule has 2 heterocycles. The average molecular weight is 316 g/mol. The zero-order valence-electron chi connectivity index (χ0n) is 12.7. The van der Waals surface area contributed by atoms with Crippen LogP contribution in [-0.2, 0) is 21.3 Å². The molecule has 0 amide bonds. The fourth-order valence-corrected chi connectivity index (χ4v) is 3.99. The van der Waals surface area contributed by atoms with Gasteiger partial charge in [-0.25, -0.2) is 8.42 Å². The Hall–Kier alpha value is -0.960. The molecule has 0 aromatic carbocycles. The maximum atomic E-state index is 12.5. The highest BCUT2D eigenvalue weighted by atomic mass is 32.2. The Kier molecular flexibility index (Phi) is 5.74. The van der Waals surface area contributed by atoms with Gasteiger partial charge >= 0.3 is 0 Å². The smallest absolute Gasteiger partial charge is 0.246 e. The number of methoxy groups -OCH3 is 1. The van der Waals surface area contributed by atoms with Crippen LogP contribution in [0.4, 0.5) is 0 Å². The molecule has 0 radical (unpaired) electrons. The summed E-state index contributed by atoms with van der Waals surface area (Å²) in [4.78, 5) is 0.275. The van der Waals surface area contributed by atoms with Crippen molar-refractivity contribution in [2.24, 2.45) is 5.92 Å². The molecule has 1 aliphatic rings. The van der Waals surface area contributed by atoms with E-state index >= 15 is 0 Å². The summed E-state index contributed by atoms with van der Waals surface area (Å²) >= 11 is 0. The van der Waals surface area contributed by atoms with Crippen LogP contribution in [0, 0.1) is 5.92 Å². The predicted molar refractivity (Wildman–Crippen MR) is 79.5 cm³/mol. The summed E-state index contributed by atoms with van der Waals surface area (Å²) in [6, 6.07) is 0. The molecule has 1 N–H and O–H groups in total. The van der Waals surface area contributed by atoms with Gasteiger partial charge in [-0.2, -0.15) is 9.40 Å². The molecule has 0 aliphatic carbocycles. The van der Waals surface area contributed by atoms with Crippen LogP contribution in [0.15, 0.2) is 17.3 Å². The van der Waals surface area contributed by atoms with Crippen LogP contribution in [0.2, 0.25) is 0 Å². The zero-order valence-corrected chi connectivity index (χ0v) is 13.5. The van der Waals surface area contributed by atoms with E-state index in [2.05, 4.69) is 10.4 Å². The minimum Gasteiger partial charge on any atom is -0.384 e. The third kappa shape index (κ3) is 4.03. The molecule has 1 aromatic heterocycles. The molecule has 8 heteroatoms. The molecule has 0 bridgehead atoms. The van der Waals surface area contributed by atoms with Crippen molar-refractivity contribution in [1.82, 2.24) is 19.4 Å². The first-order valence-corrected chi connectivity index (χ1v) is 8.74. The number of hydrogen-bond acceptors (Lipinski definition) is 5. The summed E-state index contributed by atoms with van der Waals surface area (Å²) in [6.45, 7) is 6.04. The number of rotatable bonds is 8. The number of ether oxygens (including phenoxy) is 1. The fraction of sp³-hybridized carbons (Fsp3) is 0.769. The topological polar surface area (TPSA) is 76.5 Å². The molecule has 0 spiro atoms. The molecule has 1 fully saturated rings. The minimum absolute atomic E-state index is 0.275. The van der Waals surface area contributed by atoms with Crippen molar-refractivity contribution in [2.45, 2.75) is 24.8 Å². The van der Waals surface area contributed by atoms with Crippen LogP contribution in [0.3, 0.4) is 0 Å². The quantitative estimate of drug-likeness (QED) is 0.691. The number of sulfonamides is 1. The summed E-state index contributed by atoms with van der Waals surface area (Å²) in [5.74, 6) is 0.286. The zero-order chi connectivity index (χ0) is 15.3. The van der Waals surface area contributed by atoms with Crippen molar-refractivity contribution in [2.75, 3.05) is 39.9 Å². The van der Waals surface area contributed by atoms with Crippen LogP contribution in [0.5, 0.6) is 0 Å². The summed E-state index contributed by atoms with van der Waals surface area (Å²) in [5, 5.41) is 7.31. The molecule has 120 valence electrons. The Balaban J connectivity index is 2.00. The lowest BCUT2D eigenvalue weighted by Crippen LogP contribution is -2.29. The van der Waals surface area contributed by atoms with Gasteiger partial charge < -0.3 is 10.1 Å². The van der Waals surface area contributed by atoms with Crippen molar-refractivity contribution in [3.8, 4) is 0 Å². The largest absolute Gasteiger partial charge is 0.384 e. The third-order valence-corrected chi connectivity index (χ3v) is 5.48. The molecule has 2 rings (SSSR count). The third-order valence-electron chi connectivity index (χ3n) is 3.67. The molecule has 21 heavy (non-hydrogen) atoms. The van der Waals surface area contributed by atoms with Gasteiger partial charge in [-0.1, -0.05) is 6.92 Å². The highest BCUT2D eigenvalue weighted by Crippen LogP contribution is 2.24. The van der Waals surface area contributed by atoms with Crippen LogP contribution >= 0.6 is 0 Å². The number of hydrogen-bond donors (Lipinski definition) is 1. The first-order valence-electron chi connectivity index (χ1n) is 7.30. The second-order valence-electron chi connectivity index (χ2n) is 5.27. The monoisotopic (exact) mass is 316 g/mol. The SMILES string of the molecule is CCNCCn1cc(S(=O)(=O)N2CCC(COC)C2)cn1. The second-order valence-corrected chi connectivity index (χ2v) is 7.20. The van der Waals surface area contributed by atoms with Gasteiger partial charge in [0.25, 0.3) is 0 Å². The van der Waals surface area contributed by atoms with Crippen LogP contribution < -0.4 is 5.32 Å².